The van der Waals surface area contributed by atoms with Crippen molar-refractivity contribution < 1.29 is 27.6 Å². The minimum atomic E-state index is -4.46. The van der Waals surface area contributed by atoms with E-state index in [9.17, 15) is 23.1 Å². The lowest BCUT2D eigenvalue weighted by atomic mass is 9.56. The third kappa shape index (κ3) is 4.53. The predicted octanol–water partition coefficient (Wildman–Crippen LogP) is 7.18. The molecule has 0 bridgehead atoms. The van der Waals surface area contributed by atoms with Crippen LogP contribution in [0.15, 0.2) is 40.9 Å². The van der Waals surface area contributed by atoms with Crippen molar-refractivity contribution in [3.05, 3.63) is 59.0 Å². The SMILES string of the molecule is O=C(O)c1ccc2nc(N3CCC4(CC3)CC(Cc3c(-c5ccccc5C(F)(F)F)noc3C3CC3)C4)sc2n1. The molecule has 1 saturated heterocycles. The van der Waals surface area contributed by atoms with Gasteiger partial charge in [-0.1, -0.05) is 34.7 Å². The average molecular weight is 569 g/mol. The maximum Gasteiger partial charge on any atom is 0.417 e. The monoisotopic (exact) mass is 568 g/mol. The molecule has 1 N–H and O–H groups in total. The number of anilines is 1. The number of halogens is 3. The molecule has 0 unspecified atom stereocenters. The Morgan fingerprint density at radius 2 is 1.85 bits per heavy atom. The number of rotatable bonds is 6. The second-order valence-corrected chi connectivity index (χ2v) is 12.4. The van der Waals surface area contributed by atoms with Crippen LogP contribution in [0.4, 0.5) is 18.3 Å². The third-order valence-electron chi connectivity index (χ3n) is 8.75. The molecular formula is C29H27F3N4O3S. The molecule has 0 amide bonds. The summed E-state index contributed by atoms with van der Waals surface area (Å²) in [5.74, 6) is 0.379. The van der Waals surface area contributed by atoms with E-state index in [0.717, 1.165) is 74.1 Å². The fraction of sp³-hybridized carbons (Fsp3) is 0.448. The zero-order valence-electron chi connectivity index (χ0n) is 21.6. The number of fused-ring (bicyclic) bond motifs is 1. The van der Waals surface area contributed by atoms with Crippen molar-refractivity contribution in [2.45, 2.75) is 57.0 Å². The molecule has 208 valence electrons. The van der Waals surface area contributed by atoms with Crippen molar-refractivity contribution in [1.82, 2.24) is 15.1 Å². The first-order valence-corrected chi connectivity index (χ1v) is 14.4. The number of thiazole rings is 1. The Morgan fingerprint density at radius 3 is 2.55 bits per heavy atom. The largest absolute Gasteiger partial charge is 0.477 e. The predicted molar refractivity (Wildman–Crippen MR) is 144 cm³/mol. The van der Waals surface area contributed by atoms with Gasteiger partial charge in [0.05, 0.1) is 5.56 Å². The summed E-state index contributed by atoms with van der Waals surface area (Å²) in [5.41, 5.74) is 1.60. The smallest absolute Gasteiger partial charge is 0.417 e. The van der Waals surface area contributed by atoms with Crippen molar-refractivity contribution in [1.29, 1.82) is 0 Å². The minimum Gasteiger partial charge on any atom is -0.477 e. The highest BCUT2D eigenvalue weighted by Crippen LogP contribution is 2.55. The summed E-state index contributed by atoms with van der Waals surface area (Å²) in [4.78, 5) is 23.0. The lowest BCUT2D eigenvalue weighted by Gasteiger charge is -2.52. The Hall–Kier alpha value is -3.47. The van der Waals surface area contributed by atoms with Gasteiger partial charge in [-0.15, -0.1) is 0 Å². The van der Waals surface area contributed by atoms with Gasteiger partial charge in [0.15, 0.2) is 5.13 Å². The van der Waals surface area contributed by atoms with Gasteiger partial charge in [-0.3, -0.25) is 0 Å². The zero-order valence-corrected chi connectivity index (χ0v) is 22.4. The summed E-state index contributed by atoms with van der Waals surface area (Å²) in [6.07, 6.45) is 2.35. The Morgan fingerprint density at radius 1 is 1.10 bits per heavy atom. The summed E-state index contributed by atoms with van der Waals surface area (Å²) >= 11 is 1.42. The number of piperidine rings is 1. The van der Waals surface area contributed by atoms with Crippen molar-refractivity contribution in [2.24, 2.45) is 11.3 Å². The molecule has 4 heterocycles. The van der Waals surface area contributed by atoms with Gasteiger partial charge in [-0.2, -0.15) is 13.2 Å². The molecule has 0 atom stereocenters. The minimum absolute atomic E-state index is 0.0172. The Kier molecular flexibility index (Phi) is 5.92. The number of hydrogen-bond acceptors (Lipinski definition) is 7. The Balaban J connectivity index is 1.04. The number of pyridine rings is 1. The number of aromatic carboxylic acids is 1. The van der Waals surface area contributed by atoms with E-state index in [1.54, 1.807) is 12.1 Å². The zero-order chi connectivity index (χ0) is 27.6. The summed E-state index contributed by atoms with van der Waals surface area (Å²) in [7, 11) is 0. The molecule has 7 rings (SSSR count). The lowest BCUT2D eigenvalue weighted by Crippen LogP contribution is -2.47. The van der Waals surface area contributed by atoms with Crippen LogP contribution in [-0.4, -0.2) is 39.3 Å². The standard InChI is InChI=1S/C29H27F3N4O3S/c30-29(31,32)20-4-2-1-3-18(20)23-19(24(39-35-23)17-5-6-17)13-16-14-28(15-16)9-11-36(12-10-28)27-34-21-7-8-22(26(37)38)33-25(21)40-27/h1-4,7-8,16-17H,5-6,9-15H2,(H,37,38). The van der Waals surface area contributed by atoms with Gasteiger partial charge >= 0.3 is 12.1 Å². The van der Waals surface area contributed by atoms with Gasteiger partial charge in [0, 0.05) is 30.1 Å². The molecule has 2 saturated carbocycles. The first-order chi connectivity index (χ1) is 19.2. The van der Waals surface area contributed by atoms with Crippen LogP contribution in [0.1, 0.15) is 71.8 Å². The van der Waals surface area contributed by atoms with Crippen LogP contribution in [0.25, 0.3) is 21.6 Å². The second kappa shape index (κ2) is 9.29. The van der Waals surface area contributed by atoms with Crippen molar-refractivity contribution in [3.63, 3.8) is 0 Å². The lowest BCUT2D eigenvalue weighted by molar-refractivity contribution is -0.137. The van der Waals surface area contributed by atoms with Crippen LogP contribution in [0.5, 0.6) is 0 Å². The van der Waals surface area contributed by atoms with E-state index in [2.05, 4.69) is 20.0 Å². The van der Waals surface area contributed by atoms with Crippen LogP contribution < -0.4 is 4.90 Å². The maximum absolute atomic E-state index is 13.8. The molecule has 1 aliphatic heterocycles. The number of aromatic nitrogens is 3. The van der Waals surface area contributed by atoms with Gasteiger partial charge < -0.3 is 14.5 Å². The number of hydrogen-bond donors (Lipinski definition) is 1. The summed E-state index contributed by atoms with van der Waals surface area (Å²) in [6.45, 7) is 1.73. The maximum atomic E-state index is 13.8. The number of benzene rings is 1. The number of carboxylic acids is 1. The summed E-state index contributed by atoms with van der Waals surface area (Å²) in [5, 5.41) is 14.3. The van der Waals surface area contributed by atoms with Crippen LogP contribution in [0.2, 0.25) is 0 Å². The van der Waals surface area contributed by atoms with Gasteiger partial charge in [-0.05, 0) is 74.5 Å². The normalized spacial score (nSPS) is 19.3. The number of nitrogens with zero attached hydrogens (tertiary/aromatic N) is 4. The highest BCUT2D eigenvalue weighted by atomic mass is 32.1. The second-order valence-electron chi connectivity index (χ2n) is 11.5. The quantitative estimate of drug-likeness (QED) is 0.263. The van der Waals surface area contributed by atoms with E-state index in [-0.39, 0.29) is 22.6 Å². The first-order valence-electron chi connectivity index (χ1n) is 13.6. The first kappa shape index (κ1) is 25.5. The molecule has 7 nitrogen and oxygen atoms in total. The highest BCUT2D eigenvalue weighted by molar-refractivity contribution is 7.21. The summed E-state index contributed by atoms with van der Waals surface area (Å²) in [6, 6.07) is 8.83. The van der Waals surface area contributed by atoms with Gasteiger partial charge in [0.25, 0.3) is 0 Å². The molecule has 1 spiro atoms. The molecular weight excluding hydrogens is 541 g/mol. The Labute approximate surface area is 232 Å². The molecule has 40 heavy (non-hydrogen) atoms. The van der Waals surface area contributed by atoms with E-state index < -0.39 is 17.7 Å². The molecule has 3 aromatic heterocycles. The van der Waals surface area contributed by atoms with Crippen LogP contribution in [0.3, 0.4) is 0 Å². The van der Waals surface area contributed by atoms with E-state index in [1.165, 1.54) is 29.5 Å². The number of alkyl halides is 3. The van der Waals surface area contributed by atoms with Crippen LogP contribution in [-0.2, 0) is 12.6 Å². The molecule has 3 fully saturated rings. The van der Waals surface area contributed by atoms with Crippen LogP contribution >= 0.6 is 11.3 Å². The number of carboxylic acid groups (broad SMARTS) is 1. The van der Waals surface area contributed by atoms with Crippen molar-refractivity contribution >= 4 is 32.8 Å². The molecule has 0 radical (unpaired) electrons. The molecule has 1 aromatic carbocycles. The van der Waals surface area contributed by atoms with E-state index >= 15 is 0 Å². The topological polar surface area (TPSA) is 92.3 Å². The van der Waals surface area contributed by atoms with E-state index in [1.807, 2.05) is 0 Å². The van der Waals surface area contributed by atoms with E-state index in [0.29, 0.717) is 28.4 Å². The summed E-state index contributed by atoms with van der Waals surface area (Å²) < 4.78 is 47.1. The number of carbonyl (C=O) groups is 1. The third-order valence-corrected chi connectivity index (χ3v) is 9.77. The fourth-order valence-corrected chi connectivity index (χ4v) is 7.56. The van der Waals surface area contributed by atoms with Crippen LogP contribution in [0, 0.1) is 11.3 Å². The van der Waals surface area contributed by atoms with Crippen molar-refractivity contribution in [2.75, 3.05) is 18.0 Å². The van der Waals surface area contributed by atoms with Gasteiger partial charge in [0.1, 0.15) is 27.5 Å². The molecule has 2 aliphatic carbocycles. The molecule has 4 aromatic rings. The van der Waals surface area contributed by atoms with Crippen molar-refractivity contribution in [3.8, 4) is 11.3 Å². The Bertz CT molecular complexity index is 1590. The fourth-order valence-electron chi connectivity index (χ4n) is 6.57. The van der Waals surface area contributed by atoms with E-state index in [4.69, 9.17) is 4.52 Å². The van der Waals surface area contributed by atoms with Gasteiger partial charge in [-0.25, -0.2) is 14.8 Å². The highest BCUT2D eigenvalue weighted by Gasteiger charge is 2.47. The van der Waals surface area contributed by atoms with Gasteiger partial charge in [0.2, 0.25) is 0 Å². The molecule has 11 heteroatoms. The molecule has 3 aliphatic rings. The average Bonchev–Trinajstić information content (AvgIpc) is 3.53.